The van der Waals surface area contributed by atoms with Crippen LogP contribution in [0.5, 0.6) is 17.2 Å². The van der Waals surface area contributed by atoms with Crippen molar-refractivity contribution in [3.63, 3.8) is 0 Å². The lowest BCUT2D eigenvalue weighted by Crippen LogP contribution is -2.36. The number of nitrogens with zero attached hydrogens (tertiary/aromatic N) is 3. The molecule has 0 bridgehead atoms. The average molecular weight is 366 g/mol. The van der Waals surface area contributed by atoms with Gasteiger partial charge in [0.15, 0.2) is 17.6 Å². The first-order valence-electron chi connectivity index (χ1n) is 8.47. The lowest BCUT2D eigenvalue weighted by Gasteiger charge is -2.16. The highest BCUT2D eigenvalue weighted by atomic mass is 16.7. The van der Waals surface area contributed by atoms with Crippen molar-refractivity contribution >= 4 is 5.91 Å². The summed E-state index contributed by atoms with van der Waals surface area (Å²) < 4.78 is 18.1. The number of benzene rings is 1. The van der Waals surface area contributed by atoms with Crippen molar-refractivity contribution in [1.82, 2.24) is 19.9 Å². The van der Waals surface area contributed by atoms with E-state index < -0.39 is 6.10 Å². The molecule has 1 atom stereocenters. The fourth-order valence-corrected chi connectivity index (χ4v) is 2.72. The van der Waals surface area contributed by atoms with E-state index in [1.54, 1.807) is 54.6 Å². The van der Waals surface area contributed by atoms with Gasteiger partial charge in [-0.2, -0.15) is 0 Å². The summed E-state index contributed by atoms with van der Waals surface area (Å²) in [5.41, 5.74) is 0.874. The Morgan fingerprint density at radius 3 is 3.04 bits per heavy atom. The standard InChI is InChI=1S/C19H18N4O4/c1-13(27-15-4-5-16-17(9-15)26-12-25-16)19(24)22-10-14-3-2-6-21-18(14)23-8-7-20-11-23/h2-9,11,13H,10,12H2,1H3,(H,22,24)/t13-/m0/s1. The second-order valence-electron chi connectivity index (χ2n) is 5.95. The highest BCUT2D eigenvalue weighted by molar-refractivity contribution is 5.80. The highest BCUT2D eigenvalue weighted by Crippen LogP contribution is 2.35. The topological polar surface area (TPSA) is 87.5 Å². The van der Waals surface area contributed by atoms with Crippen LogP contribution in [-0.4, -0.2) is 33.3 Å². The molecule has 1 aliphatic rings. The molecule has 0 radical (unpaired) electrons. The third kappa shape index (κ3) is 3.69. The lowest BCUT2D eigenvalue weighted by molar-refractivity contribution is -0.127. The molecular weight excluding hydrogens is 348 g/mol. The number of aromatic nitrogens is 3. The molecule has 138 valence electrons. The molecule has 1 amide bonds. The van der Waals surface area contributed by atoms with Crippen LogP contribution in [0.3, 0.4) is 0 Å². The van der Waals surface area contributed by atoms with Gasteiger partial charge in [-0.05, 0) is 25.1 Å². The first-order valence-corrected chi connectivity index (χ1v) is 8.47. The number of hydrogen-bond donors (Lipinski definition) is 1. The molecule has 8 heteroatoms. The molecule has 0 saturated heterocycles. The van der Waals surface area contributed by atoms with Crippen molar-refractivity contribution in [3.05, 3.63) is 60.8 Å². The summed E-state index contributed by atoms with van der Waals surface area (Å²) in [4.78, 5) is 20.8. The minimum absolute atomic E-state index is 0.194. The first kappa shape index (κ1) is 16.9. The Bertz CT molecular complexity index is 943. The second-order valence-corrected chi connectivity index (χ2v) is 5.95. The van der Waals surface area contributed by atoms with Crippen LogP contribution in [-0.2, 0) is 11.3 Å². The Morgan fingerprint density at radius 2 is 2.19 bits per heavy atom. The fraction of sp³-hybridized carbons (Fsp3) is 0.211. The third-order valence-corrected chi connectivity index (χ3v) is 4.10. The van der Waals surface area contributed by atoms with Crippen molar-refractivity contribution in [2.24, 2.45) is 0 Å². The summed E-state index contributed by atoms with van der Waals surface area (Å²) in [6, 6.07) is 8.95. The lowest BCUT2D eigenvalue weighted by atomic mass is 10.2. The molecule has 0 fully saturated rings. The van der Waals surface area contributed by atoms with Crippen LogP contribution in [0.25, 0.3) is 5.82 Å². The summed E-state index contributed by atoms with van der Waals surface area (Å²) in [7, 11) is 0. The van der Waals surface area contributed by atoms with Crippen molar-refractivity contribution in [3.8, 4) is 23.1 Å². The number of fused-ring (bicyclic) bond motifs is 1. The number of ether oxygens (including phenoxy) is 3. The normalized spacial score (nSPS) is 13.2. The van der Waals surface area contributed by atoms with Gasteiger partial charge in [-0.25, -0.2) is 9.97 Å². The highest BCUT2D eigenvalue weighted by Gasteiger charge is 2.18. The summed E-state index contributed by atoms with van der Waals surface area (Å²) in [6.45, 7) is 2.22. The van der Waals surface area contributed by atoms with E-state index in [-0.39, 0.29) is 12.7 Å². The van der Waals surface area contributed by atoms with Crippen LogP contribution in [0.1, 0.15) is 12.5 Å². The smallest absolute Gasteiger partial charge is 0.261 e. The summed E-state index contributed by atoms with van der Waals surface area (Å²) in [5, 5.41) is 2.88. The zero-order valence-corrected chi connectivity index (χ0v) is 14.7. The van der Waals surface area contributed by atoms with Crippen LogP contribution in [0.2, 0.25) is 0 Å². The summed E-state index contributed by atoms with van der Waals surface area (Å²) in [5.74, 6) is 2.32. The van der Waals surface area contributed by atoms with E-state index in [1.165, 1.54) is 0 Å². The number of carbonyl (C=O) groups excluding carboxylic acids is 1. The second kappa shape index (κ2) is 7.36. The molecule has 0 aliphatic carbocycles. The zero-order valence-electron chi connectivity index (χ0n) is 14.7. The number of imidazole rings is 1. The van der Waals surface area contributed by atoms with Crippen LogP contribution >= 0.6 is 0 Å². The predicted molar refractivity (Wildman–Crippen MR) is 95.9 cm³/mol. The van der Waals surface area contributed by atoms with Crippen molar-refractivity contribution in [2.75, 3.05) is 6.79 Å². The van der Waals surface area contributed by atoms with Gasteiger partial charge < -0.3 is 19.5 Å². The zero-order chi connectivity index (χ0) is 18.6. The van der Waals surface area contributed by atoms with Gasteiger partial charge in [0, 0.05) is 36.8 Å². The van der Waals surface area contributed by atoms with E-state index in [1.807, 2.05) is 12.1 Å². The Hall–Kier alpha value is -3.55. The molecule has 0 spiro atoms. The van der Waals surface area contributed by atoms with Gasteiger partial charge in [0.25, 0.3) is 5.91 Å². The van der Waals surface area contributed by atoms with Crippen LogP contribution in [0.4, 0.5) is 0 Å². The third-order valence-electron chi connectivity index (χ3n) is 4.10. The molecule has 3 heterocycles. The van der Waals surface area contributed by atoms with Gasteiger partial charge in [-0.3, -0.25) is 9.36 Å². The minimum Gasteiger partial charge on any atom is -0.481 e. The van der Waals surface area contributed by atoms with Gasteiger partial charge in [-0.15, -0.1) is 0 Å². The molecule has 0 saturated carbocycles. The summed E-state index contributed by atoms with van der Waals surface area (Å²) in [6.07, 6.45) is 6.18. The number of carbonyl (C=O) groups is 1. The molecule has 1 aromatic carbocycles. The molecule has 0 unspecified atom stereocenters. The molecular formula is C19H18N4O4. The molecule has 1 N–H and O–H groups in total. The molecule has 27 heavy (non-hydrogen) atoms. The van der Waals surface area contributed by atoms with E-state index in [0.29, 0.717) is 23.8 Å². The summed E-state index contributed by atoms with van der Waals surface area (Å²) >= 11 is 0. The molecule has 1 aliphatic heterocycles. The number of pyridine rings is 1. The number of rotatable bonds is 6. The van der Waals surface area contributed by atoms with Crippen molar-refractivity contribution in [1.29, 1.82) is 0 Å². The van der Waals surface area contributed by atoms with Crippen LogP contribution < -0.4 is 19.5 Å². The van der Waals surface area contributed by atoms with Crippen molar-refractivity contribution < 1.29 is 19.0 Å². The van der Waals surface area contributed by atoms with E-state index in [9.17, 15) is 4.79 Å². The monoisotopic (exact) mass is 366 g/mol. The first-order chi connectivity index (χ1) is 13.2. The minimum atomic E-state index is -0.668. The predicted octanol–water partition coefficient (Wildman–Crippen LogP) is 2.08. The fourth-order valence-electron chi connectivity index (χ4n) is 2.72. The van der Waals surface area contributed by atoms with E-state index >= 15 is 0 Å². The maximum absolute atomic E-state index is 12.4. The van der Waals surface area contributed by atoms with Gasteiger partial charge >= 0.3 is 0 Å². The molecule has 2 aromatic heterocycles. The van der Waals surface area contributed by atoms with E-state index in [0.717, 1.165) is 11.4 Å². The van der Waals surface area contributed by atoms with Gasteiger partial charge in [0.1, 0.15) is 17.9 Å². The molecule has 4 rings (SSSR count). The number of amides is 1. The van der Waals surface area contributed by atoms with E-state index in [4.69, 9.17) is 14.2 Å². The Balaban J connectivity index is 1.38. The van der Waals surface area contributed by atoms with Gasteiger partial charge in [-0.1, -0.05) is 6.07 Å². The quantitative estimate of drug-likeness (QED) is 0.719. The Kier molecular flexibility index (Phi) is 4.61. The SMILES string of the molecule is C[C@H](Oc1ccc2c(c1)OCO2)C(=O)NCc1cccnc1-n1ccnc1. The van der Waals surface area contributed by atoms with E-state index in [2.05, 4.69) is 15.3 Å². The number of nitrogens with one attached hydrogen (secondary N) is 1. The largest absolute Gasteiger partial charge is 0.481 e. The van der Waals surface area contributed by atoms with Crippen LogP contribution in [0.15, 0.2) is 55.2 Å². The maximum atomic E-state index is 12.4. The molecule has 8 nitrogen and oxygen atoms in total. The van der Waals surface area contributed by atoms with Gasteiger partial charge in [0.05, 0.1) is 0 Å². The Labute approximate surface area is 155 Å². The maximum Gasteiger partial charge on any atom is 0.261 e. The van der Waals surface area contributed by atoms with Crippen molar-refractivity contribution in [2.45, 2.75) is 19.6 Å². The van der Waals surface area contributed by atoms with Gasteiger partial charge in [0.2, 0.25) is 6.79 Å². The molecule has 3 aromatic rings. The number of hydrogen-bond acceptors (Lipinski definition) is 6. The average Bonchev–Trinajstić information content (AvgIpc) is 3.37. The Morgan fingerprint density at radius 1 is 1.30 bits per heavy atom. The van der Waals surface area contributed by atoms with Crippen LogP contribution in [0, 0.1) is 0 Å².